The van der Waals surface area contributed by atoms with Crippen LogP contribution in [0.1, 0.15) is 111 Å². The maximum atomic E-state index is 15.7. The van der Waals surface area contributed by atoms with Crippen LogP contribution in [0.15, 0.2) is 36.4 Å². The lowest BCUT2D eigenvalue weighted by Crippen LogP contribution is -2.55. The second kappa shape index (κ2) is 15.4. The monoisotopic (exact) mass is 867 g/mol. The van der Waals surface area contributed by atoms with Crippen molar-refractivity contribution < 1.29 is 28.4 Å². The van der Waals surface area contributed by atoms with E-state index in [2.05, 4.69) is 49.0 Å². The van der Waals surface area contributed by atoms with Gasteiger partial charge in [0.1, 0.15) is 22.7 Å². The van der Waals surface area contributed by atoms with E-state index >= 15 is 4.39 Å². The molecule has 61 heavy (non-hydrogen) atoms. The van der Waals surface area contributed by atoms with Gasteiger partial charge in [-0.2, -0.15) is 0 Å². The highest BCUT2D eigenvalue weighted by atomic mass is 35.5. The minimum atomic E-state index is -1.15. The number of piperazine rings is 1. The van der Waals surface area contributed by atoms with Crippen LogP contribution in [0, 0.1) is 32.5 Å². The Balaban J connectivity index is 0.782. The molecule has 4 unspecified atom stereocenters. The van der Waals surface area contributed by atoms with Crippen molar-refractivity contribution in [2.45, 2.75) is 95.9 Å². The van der Waals surface area contributed by atoms with Crippen molar-refractivity contribution in [1.29, 1.82) is 0 Å². The second-order valence-electron chi connectivity index (χ2n) is 17.5. The number of rotatable bonds is 7. The van der Waals surface area contributed by atoms with Gasteiger partial charge >= 0.3 is 0 Å². The Morgan fingerprint density at radius 2 is 1.66 bits per heavy atom. The number of benzene rings is 2. The van der Waals surface area contributed by atoms with E-state index in [1.807, 2.05) is 36.1 Å². The number of aryl methyl sites for hydroxylation is 2. The van der Waals surface area contributed by atoms with Crippen molar-refractivity contribution in [2.24, 2.45) is 5.92 Å². The van der Waals surface area contributed by atoms with E-state index in [4.69, 9.17) is 11.6 Å². The molecule has 5 atom stereocenters. The fraction of sp³-hybridized carbons (Fsp3) is 0.477. The van der Waals surface area contributed by atoms with Gasteiger partial charge < -0.3 is 9.80 Å². The van der Waals surface area contributed by atoms with Crippen LogP contribution in [0.2, 0.25) is 5.02 Å². The van der Waals surface area contributed by atoms with Crippen molar-refractivity contribution in [3.8, 4) is 5.00 Å². The number of hydrogen-bond donors (Lipinski definition) is 2. The number of halogens is 2. The highest BCUT2D eigenvalue weighted by Gasteiger charge is 2.48. The first-order valence-electron chi connectivity index (χ1n) is 21.2. The molecule has 4 saturated heterocycles. The van der Waals surface area contributed by atoms with E-state index in [0.717, 1.165) is 72.4 Å². The van der Waals surface area contributed by atoms with Crippen molar-refractivity contribution >= 4 is 58.2 Å². The average Bonchev–Trinajstić information content (AvgIpc) is 3.89. The lowest BCUT2D eigenvalue weighted by molar-refractivity contribution is -0.136. The Labute approximate surface area is 361 Å². The van der Waals surface area contributed by atoms with Crippen molar-refractivity contribution in [3.63, 3.8) is 0 Å². The Kier molecular flexibility index (Phi) is 10.1. The van der Waals surface area contributed by atoms with E-state index < -0.39 is 35.5 Å². The number of amides is 5. The minimum Gasteiger partial charge on any atom is -0.363 e. The first-order valence-corrected chi connectivity index (χ1v) is 22.4. The molecule has 5 amide bonds. The van der Waals surface area contributed by atoms with Crippen molar-refractivity contribution in [1.82, 2.24) is 40.1 Å². The van der Waals surface area contributed by atoms with Crippen LogP contribution >= 0.6 is 22.9 Å². The van der Waals surface area contributed by atoms with Crippen LogP contribution in [0.5, 0.6) is 0 Å². The van der Waals surface area contributed by atoms with Crippen LogP contribution in [0.25, 0.3) is 5.00 Å². The molecule has 2 aromatic heterocycles. The Morgan fingerprint density at radius 3 is 2.36 bits per heavy atom. The molecule has 0 spiro atoms. The minimum absolute atomic E-state index is 0.00453. The van der Waals surface area contributed by atoms with E-state index in [1.54, 1.807) is 17.4 Å². The quantitative estimate of drug-likeness (QED) is 0.238. The third-order valence-electron chi connectivity index (χ3n) is 13.8. The molecule has 2 aromatic carbocycles. The number of aromatic nitrogens is 3. The van der Waals surface area contributed by atoms with Crippen LogP contribution < -0.4 is 15.5 Å². The molecule has 0 radical (unpaired) electrons. The summed E-state index contributed by atoms with van der Waals surface area (Å²) in [5.41, 5.74) is 3.66. The van der Waals surface area contributed by atoms with Gasteiger partial charge in [-0.3, -0.25) is 49.0 Å². The molecule has 0 saturated carbocycles. The number of nitrogens with zero attached hydrogens (tertiary/aromatic N) is 7. The van der Waals surface area contributed by atoms with Crippen LogP contribution in [0.3, 0.4) is 0 Å². The summed E-state index contributed by atoms with van der Waals surface area (Å²) in [6, 6.07) is 9.40. The van der Waals surface area contributed by atoms with Crippen molar-refractivity contribution in [3.05, 3.63) is 91.6 Å². The summed E-state index contributed by atoms with van der Waals surface area (Å²) in [7, 11) is 0. The zero-order valence-corrected chi connectivity index (χ0v) is 35.8. The van der Waals surface area contributed by atoms with Gasteiger partial charge in [0.25, 0.3) is 11.8 Å². The first kappa shape index (κ1) is 40.1. The largest absolute Gasteiger partial charge is 0.363 e. The smallest absolute Gasteiger partial charge is 0.265 e. The number of fused-ring (bicyclic) bond motifs is 6. The third-order valence-corrected chi connectivity index (χ3v) is 15.3. The summed E-state index contributed by atoms with van der Waals surface area (Å²) in [5, 5.41) is 16.9. The van der Waals surface area contributed by atoms with Gasteiger partial charge in [-0.05, 0) is 94.2 Å². The van der Waals surface area contributed by atoms with Crippen molar-refractivity contribution in [2.75, 3.05) is 37.6 Å². The molecule has 6 aliphatic heterocycles. The SMILES string of the molecule is Cc1sc2c(c1C)[C@H](c1ccc(Cl)cc1)NC(CC(=O)N1CCC(CN3CC4CCC(C3)N4c3cc(F)c4c(c3)C(=O)N(C3CCC(=O)NC3=O)C4=O)CC1)c1nnc(C)n1-2. The van der Waals surface area contributed by atoms with Crippen LogP contribution in [-0.2, 0) is 14.4 Å². The predicted octanol–water partition coefficient (Wildman–Crippen LogP) is 5.16. The van der Waals surface area contributed by atoms with E-state index in [-0.39, 0.29) is 60.5 Å². The molecule has 10 rings (SSSR count). The van der Waals surface area contributed by atoms with Gasteiger partial charge in [0, 0.05) is 78.8 Å². The molecule has 2 bridgehead atoms. The number of thiophene rings is 1. The highest BCUT2D eigenvalue weighted by molar-refractivity contribution is 7.14. The molecule has 2 N–H and O–H groups in total. The molecule has 14 nitrogen and oxygen atoms in total. The third kappa shape index (κ3) is 6.86. The molecule has 17 heteroatoms. The fourth-order valence-corrected chi connectivity index (χ4v) is 12.1. The van der Waals surface area contributed by atoms with E-state index in [1.165, 1.54) is 22.1 Å². The number of imide groups is 2. The Hall–Kier alpha value is -5.03. The standard InChI is InChI=1S/C44H47ClFN9O5S/c1-22-23(2)61-44-37(22)39(26-4-6-27(45)7-5-26)47-33(40-50-49-24(3)53(40)44)18-36(57)52-14-12-25(13-15-52)19-51-20-28-8-9-29(21-51)54(28)30-16-31-38(32(46)17-30)43(60)55(42(31)59)34-10-11-35(56)48-41(34)58/h4-7,16-17,25,28-29,33-34,39,47H,8-15,18-21H2,1-3H3,(H,48,56,58)/t28?,29?,33?,34?,39-/m0/s1. The molecule has 6 aliphatic rings. The molecule has 4 fully saturated rings. The number of carbonyl (C=O) groups excluding carboxylic acids is 5. The van der Waals surface area contributed by atoms with E-state index in [9.17, 15) is 24.0 Å². The van der Waals surface area contributed by atoms with Crippen LogP contribution in [-0.4, -0.2) is 110 Å². The van der Waals surface area contributed by atoms with Gasteiger partial charge in [0.05, 0.1) is 23.2 Å². The normalized spacial score (nSPS) is 25.5. The average molecular weight is 868 g/mol. The molecular weight excluding hydrogens is 821 g/mol. The summed E-state index contributed by atoms with van der Waals surface area (Å²) in [4.78, 5) is 74.0. The molecule has 4 aromatic rings. The first-order chi connectivity index (χ1) is 29.3. The molecular formula is C44H47ClFN9O5S. The molecule has 0 aliphatic carbocycles. The Morgan fingerprint density at radius 1 is 0.934 bits per heavy atom. The Bertz CT molecular complexity index is 2490. The number of nitrogens with one attached hydrogen (secondary N) is 2. The second-order valence-corrected chi connectivity index (χ2v) is 19.1. The maximum Gasteiger partial charge on any atom is 0.265 e. The molecule has 318 valence electrons. The number of hydrogen-bond acceptors (Lipinski definition) is 11. The van der Waals surface area contributed by atoms with Gasteiger partial charge in [0.2, 0.25) is 17.7 Å². The topological polar surface area (TPSA) is 153 Å². The number of likely N-dealkylation sites (tertiary alicyclic amines) is 2. The van der Waals surface area contributed by atoms with Gasteiger partial charge in [0.15, 0.2) is 5.82 Å². The van der Waals surface area contributed by atoms with Crippen LogP contribution in [0.4, 0.5) is 10.1 Å². The van der Waals surface area contributed by atoms with Gasteiger partial charge in [-0.15, -0.1) is 21.5 Å². The van der Waals surface area contributed by atoms with Gasteiger partial charge in [-0.1, -0.05) is 23.7 Å². The summed E-state index contributed by atoms with van der Waals surface area (Å²) < 4.78 is 17.9. The zero-order chi connectivity index (χ0) is 42.4. The summed E-state index contributed by atoms with van der Waals surface area (Å²) in [6.07, 6.45) is 3.91. The molecule has 8 heterocycles. The summed E-state index contributed by atoms with van der Waals surface area (Å²) >= 11 is 8.03. The van der Waals surface area contributed by atoms with Gasteiger partial charge in [-0.25, -0.2) is 4.39 Å². The number of carbonyl (C=O) groups is 5. The lowest BCUT2D eigenvalue weighted by atomic mass is 9.94. The van der Waals surface area contributed by atoms with E-state index in [0.29, 0.717) is 29.7 Å². The summed E-state index contributed by atoms with van der Waals surface area (Å²) in [6.45, 7) is 10.1. The predicted molar refractivity (Wildman–Crippen MR) is 225 cm³/mol. The number of piperidine rings is 2. The lowest BCUT2D eigenvalue weighted by Gasteiger charge is -2.44. The summed E-state index contributed by atoms with van der Waals surface area (Å²) in [5.74, 6) is -1.48. The zero-order valence-electron chi connectivity index (χ0n) is 34.2. The fourth-order valence-electron chi connectivity index (χ4n) is 10.7. The number of anilines is 1. The maximum absolute atomic E-state index is 15.7. The highest BCUT2D eigenvalue weighted by Crippen LogP contribution is 2.44.